The molecule has 0 spiro atoms. The van der Waals surface area contributed by atoms with E-state index in [1.54, 1.807) is 4.90 Å². The van der Waals surface area contributed by atoms with Crippen molar-refractivity contribution in [3.63, 3.8) is 0 Å². The van der Waals surface area contributed by atoms with Crippen LogP contribution >= 0.6 is 0 Å². The maximum absolute atomic E-state index is 11.8. The summed E-state index contributed by atoms with van der Waals surface area (Å²) >= 11 is 0. The van der Waals surface area contributed by atoms with Gasteiger partial charge in [-0.15, -0.1) is 0 Å². The topological polar surface area (TPSA) is 57.6 Å². The summed E-state index contributed by atoms with van der Waals surface area (Å²) in [5.74, 6) is -1.22. The highest BCUT2D eigenvalue weighted by atomic mass is 16.4. The normalized spacial score (nSPS) is 18.7. The van der Waals surface area contributed by atoms with Crippen LogP contribution in [0.3, 0.4) is 0 Å². The lowest BCUT2D eigenvalue weighted by molar-refractivity contribution is -0.141. The first kappa shape index (κ1) is 13.6. The third-order valence-electron chi connectivity index (χ3n) is 3.95. The van der Waals surface area contributed by atoms with Gasteiger partial charge in [-0.1, -0.05) is 12.1 Å². The van der Waals surface area contributed by atoms with E-state index in [1.165, 1.54) is 6.92 Å². The Labute approximate surface area is 113 Å². The Balaban J connectivity index is 2.55. The Hall–Kier alpha value is -1.84. The lowest BCUT2D eigenvalue weighted by Gasteiger charge is -2.24. The number of amides is 1. The number of hydrogen-bond donors (Lipinski definition) is 1. The van der Waals surface area contributed by atoms with Crippen molar-refractivity contribution in [1.29, 1.82) is 0 Å². The minimum Gasteiger partial charge on any atom is -0.481 e. The summed E-state index contributed by atoms with van der Waals surface area (Å²) in [5, 5.41) is 9.23. The van der Waals surface area contributed by atoms with Crippen molar-refractivity contribution in [2.24, 2.45) is 5.92 Å². The molecular formula is C15H19NO3. The zero-order chi connectivity index (χ0) is 14.2. The maximum atomic E-state index is 11.8. The number of carbonyl (C=O) groups is 2. The van der Waals surface area contributed by atoms with Crippen molar-refractivity contribution in [2.75, 3.05) is 11.4 Å². The minimum absolute atomic E-state index is 0.0269. The zero-order valence-electron chi connectivity index (χ0n) is 11.6. The number of anilines is 1. The summed E-state index contributed by atoms with van der Waals surface area (Å²) in [6.45, 7) is 6.01. The number of carboxylic acid groups (broad SMARTS) is 1. The summed E-state index contributed by atoms with van der Waals surface area (Å²) in [7, 11) is 0. The Bertz CT molecular complexity index is 536. The fraction of sp³-hybridized carbons (Fsp3) is 0.467. The molecule has 1 heterocycles. The number of carbonyl (C=O) groups excluding carboxylic acids is 1. The molecule has 4 nitrogen and oxygen atoms in total. The lowest BCUT2D eigenvalue weighted by atomic mass is 9.94. The van der Waals surface area contributed by atoms with Gasteiger partial charge in [0.1, 0.15) is 0 Å². The van der Waals surface area contributed by atoms with Gasteiger partial charge in [-0.2, -0.15) is 0 Å². The van der Waals surface area contributed by atoms with Crippen LogP contribution in [0, 0.1) is 19.8 Å². The van der Waals surface area contributed by atoms with E-state index < -0.39 is 11.9 Å². The number of rotatable bonds is 1. The van der Waals surface area contributed by atoms with Gasteiger partial charge in [0.05, 0.1) is 5.92 Å². The van der Waals surface area contributed by atoms with E-state index in [4.69, 9.17) is 0 Å². The van der Waals surface area contributed by atoms with Crippen molar-refractivity contribution >= 4 is 17.6 Å². The van der Waals surface area contributed by atoms with E-state index in [1.807, 2.05) is 26.0 Å². The molecule has 1 N–H and O–H groups in total. The third-order valence-corrected chi connectivity index (χ3v) is 3.95. The number of fused-ring (bicyclic) bond motifs is 1. The molecule has 0 saturated heterocycles. The van der Waals surface area contributed by atoms with E-state index in [2.05, 4.69) is 0 Å². The molecule has 1 aromatic carbocycles. The number of benzene rings is 1. The molecule has 4 heteroatoms. The Morgan fingerprint density at radius 3 is 2.58 bits per heavy atom. The van der Waals surface area contributed by atoms with E-state index in [9.17, 15) is 14.7 Å². The summed E-state index contributed by atoms with van der Waals surface area (Å²) in [6, 6.07) is 3.95. The monoisotopic (exact) mass is 261 g/mol. The molecule has 1 aromatic rings. The number of aryl methyl sites for hydroxylation is 1. The van der Waals surface area contributed by atoms with Gasteiger partial charge >= 0.3 is 5.97 Å². The first-order valence-electron chi connectivity index (χ1n) is 6.51. The molecular weight excluding hydrogens is 242 g/mol. The molecule has 0 aromatic heterocycles. The van der Waals surface area contributed by atoms with Gasteiger partial charge in [-0.3, -0.25) is 9.59 Å². The second-order valence-corrected chi connectivity index (χ2v) is 5.21. The molecule has 19 heavy (non-hydrogen) atoms. The molecule has 0 radical (unpaired) electrons. The van der Waals surface area contributed by atoms with Crippen LogP contribution in [-0.2, 0) is 16.0 Å². The van der Waals surface area contributed by atoms with Crippen LogP contribution in [0.4, 0.5) is 5.69 Å². The van der Waals surface area contributed by atoms with E-state index in [-0.39, 0.29) is 5.91 Å². The number of carboxylic acids is 1. The molecule has 1 amide bonds. The number of aliphatic carboxylic acids is 1. The van der Waals surface area contributed by atoms with Gasteiger partial charge in [0.25, 0.3) is 0 Å². The first-order valence-corrected chi connectivity index (χ1v) is 6.51. The van der Waals surface area contributed by atoms with E-state index in [0.29, 0.717) is 19.4 Å². The smallest absolute Gasteiger partial charge is 0.306 e. The van der Waals surface area contributed by atoms with Gasteiger partial charge in [-0.05, 0) is 43.4 Å². The van der Waals surface area contributed by atoms with Crippen LogP contribution in [0.25, 0.3) is 0 Å². The number of nitrogens with zero attached hydrogens (tertiary/aromatic N) is 1. The minimum atomic E-state index is -0.783. The molecule has 102 valence electrons. The summed E-state index contributed by atoms with van der Waals surface area (Å²) < 4.78 is 0. The molecule has 0 bridgehead atoms. The van der Waals surface area contributed by atoms with Crippen molar-refractivity contribution < 1.29 is 14.7 Å². The largest absolute Gasteiger partial charge is 0.481 e. The van der Waals surface area contributed by atoms with Crippen LogP contribution < -0.4 is 4.90 Å². The average Bonchev–Trinajstić information content (AvgIpc) is 2.53. The second kappa shape index (κ2) is 5.03. The van der Waals surface area contributed by atoms with Crippen LogP contribution in [-0.4, -0.2) is 23.5 Å². The summed E-state index contributed by atoms with van der Waals surface area (Å²) in [6.07, 6.45) is 0.998. The van der Waals surface area contributed by atoms with E-state index >= 15 is 0 Å². The highest BCUT2D eigenvalue weighted by Crippen LogP contribution is 2.33. The van der Waals surface area contributed by atoms with Gasteiger partial charge in [-0.25, -0.2) is 0 Å². The summed E-state index contributed by atoms with van der Waals surface area (Å²) in [4.78, 5) is 24.8. The zero-order valence-corrected chi connectivity index (χ0v) is 11.6. The fourth-order valence-corrected chi connectivity index (χ4v) is 2.69. The van der Waals surface area contributed by atoms with E-state index in [0.717, 1.165) is 22.4 Å². The first-order chi connectivity index (χ1) is 8.91. The SMILES string of the molecule is CC(=O)N1CCC(C(=O)O)Cc2ccc(C)c(C)c21. The van der Waals surface area contributed by atoms with Gasteiger partial charge in [0, 0.05) is 19.2 Å². The molecule has 1 aliphatic rings. The van der Waals surface area contributed by atoms with Gasteiger partial charge in [0.15, 0.2) is 0 Å². The van der Waals surface area contributed by atoms with Gasteiger partial charge < -0.3 is 10.0 Å². The van der Waals surface area contributed by atoms with Crippen molar-refractivity contribution in [3.8, 4) is 0 Å². The Kier molecular flexibility index (Phi) is 3.60. The van der Waals surface area contributed by atoms with Crippen LogP contribution in [0.2, 0.25) is 0 Å². The predicted molar refractivity (Wildman–Crippen MR) is 73.4 cm³/mol. The Morgan fingerprint density at radius 1 is 1.32 bits per heavy atom. The lowest BCUT2D eigenvalue weighted by Crippen LogP contribution is -2.31. The second-order valence-electron chi connectivity index (χ2n) is 5.21. The van der Waals surface area contributed by atoms with Crippen LogP contribution in [0.5, 0.6) is 0 Å². The van der Waals surface area contributed by atoms with Crippen molar-refractivity contribution in [3.05, 3.63) is 28.8 Å². The average molecular weight is 261 g/mol. The van der Waals surface area contributed by atoms with Crippen molar-refractivity contribution in [2.45, 2.75) is 33.6 Å². The van der Waals surface area contributed by atoms with Crippen molar-refractivity contribution in [1.82, 2.24) is 0 Å². The van der Waals surface area contributed by atoms with Crippen LogP contribution in [0.15, 0.2) is 12.1 Å². The molecule has 0 fully saturated rings. The predicted octanol–water partition coefficient (Wildman–Crippen LogP) is 2.30. The molecule has 1 atom stereocenters. The molecule has 0 saturated carbocycles. The molecule has 1 unspecified atom stereocenters. The van der Waals surface area contributed by atoms with Crippen LogP contribution in [0.1, 0.15) is 30.0 Å². The molecule has 1 aliphatic heterocycles. The third kappa shape index (κ3) is 2.48. The standard InChI is InChI=1S/C15H19NO3/c1-9-4-5-12-8-13(15(18)19)6-7-16(11(3)17)14(12)10(9)2/h4-5,13H,6-8H2,1-3H3,(H,18,19). The molecule has 0 aliphatic carbocycles. The van der Waals surface area contributed by atoms with Gasteiger partial charge in [0.2, 0.25) is 5.91 Å². The quantitative estimate of drug-likeness (QED) is 0.844. The number of hydrogen-bond acceptors (Lipinski definition) is 2. The maximum Gasteiger partial charge on any atom is 0.306 e. The summed E-state index contributed by atoms with van der Waals surface area (Å²) in [5.41, 5.74) is 4.07. The highest BCUT2D eigenvalue weighted by molar-refractivity contribution is 5.94. The Morgan fingerprint density at radius 2 is 2.00 bits per heavy atom. The fourth-order valence-electron chi connectivity index (χ4n) is 2.69. The highest BCUT2D eigenvalue weighted by Gasteiger charge is 2.28. The molecule has 2 rings (SSSR count).